The second-order valence-electron chi connectivity index (χ2n) is 4.28. The number of nitrogens with zero attached hydrogens (tertiary/aromatic N) is 1. The van der Waals surface area contributed by atoms with E-state index in [0.717, 1.165) is 11.8 Å². The molecule has 5 heteroatoms. The van der Waals surface area contributed by atoms with Crippen molar-refractivity contribution in [1.82, 2.24) is 4.98 Å². The van der Waals surface area contributed by atoms with E-state index in [1.54, 1.807) is 18.3 Å². The molecule has 1 atom stereocenters. The topological polar surface area (TPSA) is 48.1 Å². The molecule has 2 rings (SSSR count). The van der Waals surface area contributed by atoms with Crippen molar-refractivity contribution in [3.8, 4) is 5.75 Å². The van der Waals surface area contributed by atoms with Crippen molar-refractivity contribution in [3.05, 3.63) is 58.6 Å². The van der Waals surface area contributed by atoms with Crippen LogP contribution < -0.4 is 10.5 Å². The number of hydrogen-bond donors (Lipinski definition) is 1. The lowest BCUT2D eigenvalue weighted by Gasteiger charge is -2.11. The average molecular weight is 281 g/mol. The molecule has 2 aromatic rings. The van der Waals surface area contributed by atoms with E-state index in [-0.39, 0.29) is 18.5 Å². The molecule has 19 heavy (non-hydrogen) atoms. The van der Waals surface area contributed by atoms with E-state index in [2.05, 4.69) is 4.98 Å². The lowest BCUT2D eigenvalue weighted by atomic mass is 10.1. The first-order valence-corrected chi connectivity index (χ1v) is 6.21. The van der Waals surface area contributed by atoms with Crippen LogP contribution in [0, 0.1) is 5.82 Å². The third-order valence-electron chi connectivity index (χ3n) is 2.64. The van der Waals surface area contributed by atoms with Gasteiger partial charge in [-0.2, -0.15) is 0 Å². The molecule has 0 saturated heterocycles. The Balaban J connectivity index is 2.07. The fraction of sp³-hybridized carbons (Fsp3) is 0.214. The van der Waals surface area contributed by atoms with Crippen molar-refractivity contribution >= 4 is 11.6 Å². The number of halogens is 2. The van der Waals surface area contributed by atoms with E-state index >= 15 is 0 Å². The number of ether oxygens (including phenoxy) is 1. The van der Waals surface area contributed by atoms with Crippen LogP contribution in [0.5, 0.6) is 5.75 Å². The first kappa shape index (κ1) is 13.8. The third-order valence-corrected chi connectivity index (χ3v) is 2.93. The number of nitrogens with two attached hydrogens (primary N) is 1. The number of pyridine rings is 1. The third kappa shape index (κ3) is 3.66. The summed E-state index contributed by atoms with van der Waals surface area (Å²) in [6.07, 6.45) is 2.70. The maximum atomic E-state index is 13.0. The number of aromatic nitrogens is 1. The molecule has 0 aliphatic rings. The van der Waals surface area contributed by atoms with Crippen molar-refractivity contribution in [2.75, 3.05) is 0 Å². The molecule has 0 aliphatic heterocycles. The van der Waals surface area contributed by atoms with Crippen molar-refractivity contribution < 1.29 is 9.13 Å². The predicted octanol–water partition coefficient (Wildman–Crippen LogP) is 3.47. The van der Waals surface area contributed by atoms with Gasteiger partial charge in [-0.25, -0.2) is 4.39 Å². The van der Waals surface area contributed by atoms with Gasteiger partial charge in [0, 0.05) is 17.8 Å². The highest BCUT2D eigenvalue weighted by Crippen LogP contribution is 2.28. The molecule has 1 aromatic heterocycles. The molecular formula is C14H14ClFN2O. The van der Waals surface area contributed by atoms with E-state index in [1.165, 1.54) is 6.07 Å². The normalized spacial score (nSPS) is 12.2. The second-order valence-corrected chi connectivity index (χ2v) is 4.69. The Morgan fingerprint density at radius 1 is 1.37 bits per heavy atom. The van der Waals surface area contributed by atoms with Crippen molar-refractivity contribution in [2.45, 2.75) is 19.6 Å². The summed E-state index contributed by atoms with van der Waals surface area (Å²) in [6, 6.07) is 6.67. The highest BCUT2D eigenvalue weighted by Gasteiger charge is 2.06. The maximum Gasteiger partial charge on any atom is 0.141 e. The summed E-state index contributed by atoms with van der Waals surface area (Å²) in [5, 5.41) is 0.485. The first-order chi connectivity index (χ1) is 9.06. The van der Waals surface area contributed by atoms with Crippen LogP contribution in [0.2, 0.25) is 5.02 Å². The van der Waals surface area contributed by atoms with Gasteiger partial charge in [-0.15, -0.1) is 0 Å². The Morgan fingerprint density at radius 2 is 2.16 bits per heavy atom. The number of hydrogen-bond acceptors (Lipinski definition) is 3. The first-order valence-electron chi connectivity index (χ1n) is 5.83. The fourth-order valence-electron chi connectivity index (χ4n) is 1.61. The SMILES string of the molecule is C[C@H](N)c1ccc(OCc2cncc(F)c2)c(Cl)c1. The van der Waals surface area contributed by atoms with E-state index in [1.807, 2.05) is 13.0 Å². The molecule has 0 unspecified atom stereocenters. The molecule has 0 saturated carbocycles. The maximum absolute atomic E-state index is 13.0. The van der Waals surface area contributed by atoms with Gasteiger partial charge in [0.15, 0.2) is 0 Å². The van der Waals surface area contributed by atoms with Crippen molar-refractivity contribution in [3.63, 3.8) is 0 Å². The summed E-state index contributed by atoms with van der Waals surface area (Å²) < 4.78 is 18.5. The molecule has 1 aromatic carbocycles. The monoisotopic (exact) mass is 280 g/mol. The van der Waals surface area contributed by atoms with Gasteiger partial charge in [0.2, 0.25) is 0 Å². The molecule has 0 fully saturated rings. The molecule has 3 nitrogen and oxygen atoms in total. The Kier molecular flexibility index (Phi) is 4.35. The zero-order valence-electron chi connectivity index (χ0n) is 10.4. The molecule has 0 amide bonds. The Labute approximate surface area is 116 Å². The van der Waals surface area contributed by atoms with Crippen molar-refractivity contribution in [1.29, 1.82) is 0 Å². The summed E-state index contributed by atoms with van der Waals surface area (Å²) in [5.74, 6) is 0.148. The molecular weight excluding hydrogens is 267 g/mol. The highest BCUT2D eigenvalue weighted by molar-refractivity contribution is 6.32. The lowest BCUT2D eigenvalue weighted by Crippen LogP contribution is -2.05. The van der Waals surface area contributed by atoms with Gasteiger partial charge in [0.05, 0.1) is 11.2 Å². The zero-order valence-corrected chi connectivity index (χ0v) is 11.2. The van der Waals surface area contributed by atoms with Gasteiger partial charge in [-0.1, -0.05) is 17.7 Å². The average Bonchev–Trinajstić information content (AvgIpc) is 2.37. The summed E-state index contributed by atoms with van der Waals surface area (Å²) in [7, 11) is 0. The highest BCUT2D eigenvalue weighted by atomic mass is 35.5. The van der Waals surface area contributed by atoms with Crippen LogP contribution in [0.3, 0.4) is 0 Å². The molecule has 2 N–H and O–H groups in total. The van der Waals surface area contributed by atoms with Gasteiger partial charge in [-0.05, 0) is 30.7 Å². The van der Waals surface area contributed by atoms with Crippen LogP contribution >= 0.6 is 11.6 Å². The standard InChI is InChI=1S/C14H14ClFN2O/c1-9(17)11-2-3-14(13(15)5-11)19-8-10-4-12(16)7-18-6-10/h2-7,9H,8,17H2,1H3/t9-/m0/s1. The predicted molar refractivity (Wildman–Crippen MR) is 72.6 cm³/mol. The minimum absolute atomic E-state index is 0.0843. The fourth-order valence-corrected chi connectivity index (χ4v) is 1.86. The zero-order chi connectivity index (χ0) is 13.8. The van der Waals surface area contributed by atoms with Gasteiger partial charge < -0.3 is 10.5 Å². The van der Waals surface area contributed by atoms with E-state index in [0.29, 0.717) is 16.3 Å². The van der Waals surface area contributed by atoms with Crippen LogP contribution in [0.25, 0.3) is 0 Å². The molecule has 0 aliphatic carbocycles. The van der Waals surface area contributed by atoms with Crippen LogP contribution in [-0.2, 0) is 6.61 Å². The van der Waals surface area contributed by atoms with Crippen LogP contribution in [0.15, 0.2) is 36.7 Å². The van der Waals surface area contributed by atoms with Gasteiger partial charge in [0.1, 0.15) is 18.2 Å². The molecule has 0 bridgehead atoms. The van der Waals surface area contributed by atoms with E-state index in [9.17, 15) is 4.39 Å². The quantitative estimate of drug-likeness (QED) is 0.933. The molecule has 1 heterocycles. The Bertz CT molecular complexity index is 575. The minimum atomic E-state index is -0.389. The summed E-state index contributed by atoms with van der Waals surface area (Å²) >= 11 is 6.10. The van der Waals surface area contributed by atoms with Crippen LogP contribution in [0.1, 0.15) is 24.1 Å². The number of rotatable bonds is 4. The van der Waals surface area contributed by atoms with E-state index < -0.39 is 0 Å². The Hall–Kier alpha value is -1.65. The number of benzene rings is 1. The van der Waals surface area contributed by atoms with E-state index in [4.69, 9.17) is 22.1 Å². The minimum Gasteiger partial charge on any atom is -0.487 e. The van der Waals surface area contributed by atoms with Crippen LogP contribution in [0.4, 0.5) is 4.39 Å². The summed E-state index contributed by atoms with van der Waals surface area (Å²) in [5.41, 5.74) is 7.35. The summed E-state index contributed by atoms with van der Waals surface area (Å²) in [4.78, 5) is 3.75. The van der Waals surface area contributed by atoms with Gasteiger partial charge in [0.25, 0.3) is 0 Å². The lowest BCUT2D eigenvalue weighted by molar-refractivity contribution is 0.305. The molecule has 0 radical (unpaired) electrons. The molecule has 100 valence electrons. The summed E-state index contributed by atoms with van der Waals surface area (Å²) in [6.45, 7) is 2.09. The second kappa shape index (κ2) is 5.99. The van der Waals surface area contributed by atoms with Crippen LogP contribution in [-0.4, -0.2) is 4.98 Å². The molecule has 0 spiro atoms. The Morgan fingerprint density at radius 3 is 2.79 bits per heavy atom. The van der Waals surface area contributed by atoms with Gasteiger partial charge in [-0.3, -0.25) is 4.98 Å². The van der Waals surface area contributed by atoms with Crippen molar-refractivity contribution in [2.24, 2.45) is 5.73 Å². The smallest absolute Gasteiger partial charge is 0.141 e. The van der Waals surface area contributed by atoms with Gasteiger partial charge >= 0.3 is 0 Å². The largest absolute Gasteiger partial charge is 0.487 e.